The van der Waals surface area contributed by atoms with Gasteiger partial charge in [-0.2, -0.15) is 0 Å². The summed E-state index contributed by atoms with van der Waals surface area (Å²) in [5, 5.41) is 10.0. The van der Waals surface area contributed by atoms with Gasteiger partial charge in [-0.1, -0.05) is 50.2 Å². The molecule has 0 spiro atoms. The number of hydrogen-bond acceptors (Lipinski definition) is 4. The van der Waals surface area contributed by atoms with E-state index in [1.807, 2.05) is 45.2 Å². The Morgan fingerprint density at radius 1 is 1.03 bits per heavy atom. The van der Waals surface area contributed by atoms with E-state index in [2.05, 4.69) is 69.0 Å². The van der Waals surface area contributed by atoms with Crippen LogP contribution in [0.1, 0.15) is 37.6 Å². The van der Waals surface area contributed by atoms with Crippen molar-refractivity contribution in [3.63, 3.8) is 0 Å². The summed E-state index contributed by atoms with van der Waals surface area (Å²) in [7, 11) is 3.65. The monoisotopic (exact) mass is 528 g/mol. The Kier molecular flexibility index (Phi) is 7.89. The first-order chi connectivity index (χ1) is 18.9. The number of amides is 1. The number of rotatable bonds is 10. The molecule has 1 aliphatic rings. The van der Waals surface area contributed by atoms with Crippen LogP contribution in [0.15, 0.2) is 72.8 Å². The van der Waals surface area contributed by atoms with Crippen molar-refractivity contribution < 1.29 is 13.9 Å². The van der Waals surface area contributed by atoms with Gasteiger partial charge < -0.3 is 25.3 Å². The van der Waals surface area contributed by atoms with Crippen LogP contribution in [0.25, 0.3) is 22.2 Å². The molecule has 0 bridgehead atoms. The van der Waals surface area contributed by atoms with Gasteiger partial charge >= 0.3 is 0 Å². The van der Waals surface area contributed by atoms with Gasteiger partial charge in [-0.3, -0.25) is 4.79 Å². The molecular formula is C32H37FN4O2. The summed E-state index contributed by atoms with van der Waals surface area (Å²) in [4.78, 5) is 12.3. The van der Waals surface area contributed by atoms with Gasteiger partial charge in [0.1, 0.15) is 11.9 Å². The van der Waals surface area contributed by atoms with Gasteiger partial charge in [0.05, 0.1) is 17.3 Å². The average molecular weight is 529 g/mol. The molecule has 1 aliphatic heterocycles. The number of benzene rings is 3. The number of hydrogen-bond donors (Lipinski definition) is 3. The van der Waals surface area contributed by atoms with Crippen LogP contribution >= 0.6 is 0 Å². The second-order valence-electron chi connectivity index (χ2n) is 10.5. The third-order valence-corrected chi connectivity index (χ3v) is 7.51. The van der Waals surface area contributed by atoms with Gasteiger partial charge in [0.15, 0.2) is 0 Å². The van der Waals surface area contributed by atoms with Crippen LogP contribution in [-0.4, -0.2) is 43.3 Å². The van der Waals surface area contributed by atoms with Gasteiger partial charge in [0.2, 0.25) is 12.1 Å². The number of anilines is 1. The summed E-state index contributed by atoms with van der Waals surface area (Å²) >= 11 is 0. The second kappa shape index (κ2) is 11.5. The predicted octanol–water partition coefficient (Wildman–Crippen LogP) is 5.92. The third-order valence-electron chi connectivity index (χ3n) is 7.51. The lowest BCUT2D eigenvalue weighted by atomic mass is 10.0. The van der Waals surface area contributed by atoms with E-state index in [0.717, 1.165) is 44.7 Å². The fraction of sp³-hybridized carbons (Fsp3) is 0.344. The molecule has 2 heterocycles. The molecule has 3 N–H and O–H groups in total. The predicted molar refractivity (Wildman–Crippen MR) is 156 cm³/mol. The quantitative estimate of drug-likeness (QED) is 0.239. The van der Waals surface area contributed by atoms with E-state index in [9.17, 15) is 9.18 Å². The van der Waals surface area contributed by atoms with Crippen molar-refractivity contribution in [1.29, 1.82) is 0 Å². The van der Waals surface area contributed by atoms with Crippen molar-refractivity contribution in [1.82, 2.24) is 15.2 Å². The maximum absolute atomic E-state index is 14.7. The van der Waals surface area contributed by atoms with E-state index in [-0.39, 0.29) is 30.6 Å². The number of fused-ring (bicyclic) bond motifs is 5. The van der Waals surface area contributed by atoms with Gasteiger partial charge in [0, 0.05) is 41.9 Å². The highest BCUT2D eigenvalue weighted by Crippen LogP contribution is 2.45. The molecule has 0 saturated carbocycles. The molecule has 39 heavy (non-hydrogen) atoms. The van der Waals surface area contributed by atoms with Gasteiger partial charge in [-0.05, 0) is 61.7 Å². The van der Waals surface area contributed by atoms with E-state index in [4.69, 9.17) is 4.74 Å². The number of carbonyl (C=O) groups is 1. The molecule has 1 amide bonds. The number of nitrogens with one attached hydrogen (secondary N) is 3. The van der Waals surface area contributed by atoms with Crippen LogP contribution in [0.3, 0.4) is 0 Å². The first kappa shape index (κ1) is 26.8. The molecule has 7 heteroatoms. The molecule has 1 aromatic heterocycles. The molecular weight excluding hydrogens is 491 g/mol. The largest absolute Gasteiger partial charge is 0.465 e. The molecule has 0 aliphatic carbocycles. The third kappa shape index (κ3) is 5.50. The molecule has 204 valence electrons. The number of nitrogens with zero attached hydrogens (tertiary/aromatic N) is 1. The summed E-state index contributed by atoms with van der Waals surface area (Å²) in [5.74, 6) is 0.817. The topological polar surface area (TPSA) is 67.3 Å². The Morgan fingerprint density at radius 2 is 1.82 bits per heavy atom. The van der Waals surface area contributed by atoms with Gasteiger partial charge in [-0.15, -0.1) is 0 Å². The SMILES string of the molecule is CNc1ccc2c(c1)OC(c1ccccc1)n1c-2cc2cc(CCC(F)CNC(=O)C(NC)C(C)C)ccc21. The summed E-state index contributed by atoms with van der Waals surface area (Å²) in [6.45, 7) is 3.96. The van der Waals surface area contributed by atoms with Crippen molar-refractivity contribution in [2.24, 2.45) is 5.92 Å². The molecule has 3 unspecified atom stereocenters. The zero-order chi connectivity index (χ0) is 27.5. The first-order valence-corrected chi connectivity index (χ1v) is 13.7. The van der Waals surface area contributed by atoms with Crippen LogP contribution in [0.5, 0.6) is 5.75 Å². The van der Waals surface area contributed by atoms with Crippen LogP contribution in [0, 0.1) is 5.92 Å². The summed E-state index contributed by atoms with van der Waals surface area (Å²) in [6.07, 6.45) is -0.472. The normalized spacial score (nSPS) is 15.8. The molecule has 0 radical (unpaired) electrons. The Hall–Kier alpha value is -3.84. The van der Waals surface area contributed by atoms with Crippen molar-refractivity contribution in [2.75, 3.05) is 26.0 Å². The summed E-state index contributed by atoms with van der Waals surface area (Å²) in [6, 6.07) is 24.6. The molecule has 3 atom stereocenters. The highest BCUT2D eigenvalue weighted by atomic mass is 19.1. The minimum atomic E-state index is -1.11. The van der Waals surface area contributed by atoms with Gasteiger partial charge in [0.25, 0.3) is 0 Å². The molecule has 4 aromatic rings. The van der Waals surface area contributed by atoms with E-state index in [0.29, 0.717) is 12.8 Å². The number of carbonyl (C=O) groups excluding carboxylic acids is 1. The van der Waals surface area contributed by atoms with Gasteiger partial charge in [-0.25, -0.2) is 4.39 Å². The number of likely N-dealkylation sites (N-methyl/N-ethyl adjacent to an activating group) is 1. The Labute approximate surface area is 229 Å². The maximum Gasteiger partial charge on any atom is 0.237 e. The van der Waals surface area contributed by atoms with Crippen LogP contribution in [-0.2, 0) is 11.2 Å². The number of alkyl halides is 1. The molecule has 0 fully saturated rings. The fourth-order valence-electron chi connectivity index (χ4n) is 5.41. The standard InChI is InChI=1S/C32H37FN4O2/c1-20(2)30(35-4)31(38)36-19-24(33)12-10-21-11-15-27-23(16-21)17-28-26-14-13-25(34-3)18-29(26)39-32(37(27)28)22-8-6-5-7-9-22/h5-9,11,13-18,20,24,30,32,34-35H,10,12,19H2,1-4H3,(H,36,38). The highest BCUT2D eigenvalue weighted by molar-refractivity contribution is 5.90. The van der Waals surface area contributed by atoms with Crippen LogP contribution in [0.4, 0.5) is 10.1 Å². The van der Waals surface area contributed by atoms with Crippen molar-refractivity contribution in [3.05, 3.63) is 83.9 Å². The lowest BCUT2D eigenvalue weighted by molar-refractivity contribution is -0.124. The molecule has 3 aromatic carbocycles. The number of aromatic nitrogens is 1. The second-order valence-corrected chi connectivity index (χ2v) is 10.5. The van der Waals surface area contributed by atoms with E-state index in [1.165, 1.54) is 0 Å². The maximum atomic E-state index is 14.7. The average Bonchev–Trinajstić information content (AvgIpc) is 3.33. The zero-order valence-electron chi connectivity index (χ0n) is 23.0. The molecule has 0 saturated heterocycles. The smallest absolute Gasteiger partial charge is 0.237 e. The van der Waals surface area contributed by atoms with Crippen molar-refractivity contribution in [2.45, 2.75) is 45.1 Å². The minimum absolute atomic E-state index is 0.0218. The number of aryl methyl sites for hydroxylation is 1. The van der Waals surface area contributed by atoms with E-state index < -0.39 is 6.17 Å². The fourth-order valence-corrected chi connectivity index (χ4v) is 5.41. The lowest BCUT2D eigenvalue weighted by Crippen LogP contribution is -2.47. The summed E-state index contributed by atoms with van der Waals surface area (Å²) < 4.78 is 23.6. The molecule has 5 rings (SSSR count). The Balaban J connectivity index is 1.37. The molecule has 6 nitrogen and oxygen atoms in total. The highest BCUT2D eigenvalue weighted by Gasteiger charge is 2.29. The van der Waals surface area contributed by atoms with Crippen molar-refractivity contribution in [3.8, 4) is 17.0 Å². The van der Waals surface area contributed by atoms with Crippen LogP contribution in [0.2, 0.25) is 0 Å². The lowest BCUT2D eigenvalue weighted by Gasteiger charge is -2.30. The van der Waals surface area contributed by atoms with E-state index in [1.54, 1.807) is 7.05 Å². The Morgan fingerprint density at radius 3 is 2.54 bits per heavy atom. The number of ether oxygens (including phenoxy) is 1. The van der Waals surface area contributed by atoms with E-state index >= 15 is 0 Å². The zero-order valence-corrected chi connectivity index (χ0v) is 23.0. The van der Waals surface area contributed by atoms with Crippen LogP contribution < -0.4 is 20.7 Å². The first-order valence-electron chi connectivity index (χ1n) is 13.7. The minimum Gasteiger partial charge on any atom is -0.465 e. The Bertz CT molecular complexity index is 1450. The summed E-state index contributed by atoms with van der Waals surface area (Å²) in [5.41, 5.74) is 6.34. The van der Waals surface area contributed by atoms with Crippen molar-refractivity contribution >= 4 is 22.5 Å². The number of halogens is 1.